The van der Waals surface area contributed by atoms with Crippen LogP contribution in [0.2, 0.25) is 5.02 Å². The summed E-state index contributed by atoms with van der Waals surface area (Å²) in [5.41, 5.74) is 3.49. The topological polar surface area (TPSA) is 112 Å². The summed E-state index contributed by atoms with van der Waals surface area (Å²) >= 11 is 5.96. The highest BCUT2D eigenvalue weighted by atomic mass is 35.5. The van der Waals surface area contributed by atoms with E-state index in [-0.39, 0.29) is 23.3 Å². The summed E-state index contributed by atoms with van der Waals surface area (Å²) in [7, 11) is -3.84. The summed E-state index contributed by atoms with van der Waals surface area (Å²) in [6, 6.07) is 12.2. The SMILES string of the molecule is Cc1noc(C)c1-c1ccc(OCc2cn(-c3ccc(Cl)cc3)nn2)c(S(=O)(=O)NC2CCCC2)c1. The van der Waals surface area contributed by atoms with Crippen LogP contribution in [0.1, 0.15) is 42.8 Å². The molecule has 0 amide bonds. The number of nitrogens with one attached hydrogen (secondary N) is 1. The molecule has 0 atom stereocenters. The molecule has 11 heteroatoms. The van der Waals surface area contributed by atoms with E-state index in [4.69, 9.17) is 20.9 Å². The number of hydrogen-bond donors (Lipinski definition) is 1. The number of ether oxygens (including phenoxy) is 1. The Morgan fingerprint density at radius 3 is 2.58 bits per heavy atom. The maximum Gasteiger partial charge on any atom is 0.244 e. The van der Waals surface area contributed by atoms with Crippen molar-refractivity contribution in [3.05, 3.63) is 70.8 Å². The molecule has 1 N–H and O–H groups in total. The highest BCUT2D eigenvalue weighted by Gasteiger charge is 2.27. The summed E-state index contributed by atoms with van der Waals surface area (Å²) in [6.07, 6.45) is 5.41. The number of nitrogens with zero attached hydrogens (tertiary/aromatic N) is 4. The van der Waals surface area contributed by atoms with Gasteiger partial charge in [-0.15, -0.1) is 5.10 Å². The van der Waals surface area contributed by atoms with Crippen molar-refractivity contribution in [1.29, 1.82) is 0 Å². The van der Waals surface area contributed by atoms with E-state index in [1.807, 2.05) is 19.1 Å². The molecule has 0 bridgehead atoms. The molecule has 2 aromatic heterocycles. The van der Waals surface area contributed by atoms with Gasteiger partial charge in [-0.25, -0.2) is 17.8 Å². The van der Waals surface area contributed by atoms with E-state index in [1.54, 1.807) is 48.1 Å². The molecule has 2 aromatic carbocycles. The van der Waals surface area contributed by atoms with Crippen molar-refractivity contribution in [2.24, 2.45) is 0 Å². The highest BCUT2D eigenvalue weighted by Crippen LogP contribution is 2.34. The molecule has 4 aromatic rings. The number of benzene rings is 2. The van der Waals surface area contributed by atoms with E-state index in [0.29, 0.717) is 27.7 Å². The van der Waals surface area contributed by atoms with Crippen LogP contribution in [0.25, 0.3) is 16.8 Å². The first kappa shape index (κ1) is 24.5. The maximum absolute atomic E-state index is 13.5. The zero-order chi connectivity index (χ0) is 25.3. The number of hydrogen-bond acceptors (Lipinski definition) is 7. The number of rotatable bonds is 8. The van der Waals surface area contributed by atoms with Crippen LogP contribution in [0.5, 0.6) is 5.75 Å². The molecule has 0 unspecified atom stereocenters. The molecule has 1 saturated carbocycles. The van der Waals surface area contributed by atoms with Crippen LogP contribution in [0, 0.1) is 13.8 Å². The van der Waals surface area contributed by atoms with Crippen molar-refractivity contribution < 1.29 is 17.7 Å². The molecule has 0 aliphatic heterocycles. The van der Waals surface area contributed by atoms with Crippen LogP contribution in [0.4, 0.5) is 0 Å². The second-order valence-corrected chi connectivity index (χ2v) is 11.0. The molecule has 5 rings (SSSR count). The molecule has 1 aliphatic carbocycles. The second kappa shape index (κ2) is 10.0. The molecule has 2 heterocycles. The minimum Gasteiger partial charge on any atom is -0.486 e. The lowest BCUT2D eigenvalue weighted by atomic mass is 10.0. The molecular weight excluding hydrogens is 502 g/mol. The quantitative estimate of drug-likeness (QED) is 0.343. The van der Waals surface area contributed by atoms with Crippen LogP contribution in [-0.2, 0) is 16.6 Å². The minimum atomic E-state index is -3.84. The Labute approximate surface area is 214 Å². The molecule has 36 heavy (non-hydrogen) atoms. The van der Waals surface area contributed by atoms with Crippen molar-refractivity contribution in [2.75, 3.05) is 0 Å². The number of aryl methyl sites for hydroxylation is 2. The predicted octanol–water partition coefficient (Wildman–Crippen LogP) is 4.99. The summed E-state index contributed by atoms with van der Waals surface area (Å²) in [5.74, 6) is 0.851. The molecule has 188 valence electrons. The van der Waals surface area contributed by atoms with Crippen molar-refractivity contribution in [3.63, 3.8) is 0 Å². The molecule has 0 radical (unpaired) electrons. The molecular formula is C25H26ClN5O4S. The summed E-state index contributed by atoms with van der Waals surface area (Å²) < 4.78 is 42.6. The summed E-state index contributed by atoms with van der Waals surface area (Å²) in [6.45, 7) is 3.67. The van der Waals surface area contributed by atoms with Gasteiger partial charge in [-0.2, -0.15) is 0 Å². The molecule has 9 nitrogen and oxygen atoms in total. The largest absolute Gasteiger partial charge is 0.486 e. The van der Waals surface area contributed by atoms with E-state index >= 15 is 0 Å². The average molecular weight is 528 g/mol. The van der Waals surface area contributed by atoms with Gasteiger partial charge in [0, 0.05) is 16.6 Å². The third kappa shape index (κ3) is 5.16. The van der Waals surface area contributed by atoms with Crippen molar-refractivity contribution in [2.45, 2.75) is 57.1 Å². The van der Waals surface area contributed by atoms with E-state index in [1.165, 1.54) is 0 Å². The first-order valence-electron chi connectivity index (χ1n) is 11.7. The Balaban J connectivity index is 1.43. The molecule has 1 fully saturated rings. The molecule has 1 aliphatic rings. The summed E-state index contributed by atoms with van der Waals surface area (Å²) in [4.78, 5) is 0.0667. The van der Waals surface area contributed by atoms with Gasteiger partial charge in [0.15, 0.2) is 0 Å². The normalized spacial score (nSPS) is 14.4. The maximum atomic E-state index is 13.5. The van der Waals surface area contributed by atoms with Crippen molar-refractivity contribution in [1.82, 2.24) is 24.9 Å². The monoisotopic (exact) mass is 527 g/mol. The Kier molecular flexibility index (Phi) is 6.83. The predicted molar refractivity (Wildman–Crippen MR) is 135 cm³/mol. The summed E-state index contributed by atoms with van der Waals surface area (Å²) in [5, 5.41) is 12.9. The standard InChI is InChI=1S/C25H26ClN5O4S/c1-16-25(17(2)35-28-16)18-7-12-23(24(13-18)36(32,33)29-20-5-3-4-6-20)34-15-21-14-31(30-27-21)22-10-8-19(26)9-11-22/h7-14,20,29H,3-6,15H2,1-2H3. The van der Waals surface area contributed by atoms with Gasteiger partial charge in [0.05, 0.1) is 17.6 Å². The van der Waals surface area contributed by atoms with Gasteiger partial charge in [0.25, 0.3) is 0 Å². The van der Waals surface area contributed by atoms with Crippen molar-refractivity contribution in [3.8, 4) is 22.6 Å². The van der Waals surface area contributed by atoms with Gasteiger partial charge >= 0.3 is 0 Å². The fourth-order valence-corrected chi connectivity index (χ4v) is 6.05. The lowest BCUT2D eigenvalue weighted by molar-refractivity contribution is 0.293. The smallest absolute Gasteiger partial charge is 0.244 e. The van der Waals surface area contributed by atoms with E-state index in [9.17, 15) is 8.42 Å². The van der Waals surface area contributed by atoms with Gasteiger partial charge in [-0.3, -0.25) is 0 Å². The zero-order valence-electron chi connectivity index (χ0n) is 19.9. The van der Waals surface area contributed by atoms with Crippen LogP contribution in [0.15, 0.2) is 58.1 Å². The first-order valence-corrected chi connectivity index (χ1v) is 13.6. The van der Waals surface area contributed by atoms with Crippen LogP contribution in [-0.4, -0.2) is 34.6 Å². The second-order valence-electron chi connectivity index (χ2n) is 8.88. The van der Waals surface area contributed by atoms with Crippen LogP contribution in [0.3, 0.4) is 0 Å². The van der Waals surface area contributed by atoms with E-state index < -0.39 is 10.0 Å². The highest BCUT2D eigenvalue weighted by molar-refractivity contribution is 7.89. The average Bonchev–Trinajstić information content (AvgIpc) is 3.60. The van der Waals surface area contributed by atoms with Gasteiger partial charge in [-0.05, 0) is 68.7 Å². The number of aromatic nitrogens is 4. The van der Waals surface area contributed by atoms with E-state index in [0.717, 1.165) is 36.9 Å². The Morgan fingerprint density at radius 1 is 1.14 bits per heavy atom. The van der Waals surface area contributed by atoms with Crippen molar-refractivity contribution >= 4 is 21.6 Å². The third-order valence-electron chi connectivity index (χ3n) is 6.24. The lowest BCUT2D eigenvalue weighted by Gasteiger charge is -2.16. The Hall–Kier alpha value is -3.21. The number of halogens is 1. The van der Waals surface area contributed by atoms with Gasteiger partial charge in [0.2, 0.25) is 10.0 Å². The van der Waals surface area contributed by atoms with E-state index in [2.05, 4.69) is 20.2 Å². The number of sulfonamides is 1. The molecule has 0 saturated heterocycles. The zero-order valence-corrected chi connectivity index (χ0v) is 21.5. The van der Waals surface area contributed by atoms with Crippen LogP contribution >= 0.6 is 11.6 Å². The van der Waals surface area contributed by atoms with Gasteiger partial charge in [0.1, 0.15) is 28.7 Å². The third-order valence-corrected chi connectivity index (χ3v) is 8.03. The Bertz CT molecular complexity index is 1460. The fraction of sp³-hybridized carbons (Fsp3) is 0.320. The Morgan fingerprint density at radius 2 is 1.89 bits per heavy atom. The van der Waals surface area contributed by atoms with Crippen LogP contribution < -0.4 is 9.46 Å². The lowest BCUT2D eigenvalue weighted by Crippen LogP contribution is -2.33. The minimum absolute atomic E-state index is 0.0458. The van der Waals surface area contributed by atoms with Gasteiger partial charge in [-0.1, -0.05) is 40.9 Å². The first-order chi connectivity index (χ1) is 17.3. The fourth-order valence-electron chi connectivity index (χ4n) is 4.45. The van der Waals surface area contributed by atoms with Gasteiger partial charge < -0.3 is 9.26 Å². The molecule has 0 spiro atoms.